The number of rotatable bonds is 4. The van der Waals surface area contributed by atoms with Gasteiger partial charge in [0, 0.05) is 18.8 Å². The number of nitrogens with zero attached hydrogens (tertiary/aromatic N) is 1. The summed E-state index contributed by atoms with van der Waals surface area (Å²) in [6.45, 7) is 0. The van der Waals surface area contributed by atoms with E-state index in [0.29, 0.717) is 5.56 Å². The van der Waals surface area contributed by atoms with Crippen molar-refractivity contribution >= 4 is 5.78 Å². The van der Waals surface area contributed by atoms with Crippen molar-refractivity contribution in [3.8, 4) is 5.75 Å². The number of benzene rings is 1. The van der Waals surface area contributed by atoms with Crippen molar-refractivity contribution in [1.29, 1.82) is 0 Å². The van der Waals surface area contributed by atoms with Gasteiger partial charge in [0.1, 0.15) is 0 Å². The van der Waals surface area contributed by atoms with Gasteiger partial charge < -0.3 is 9.72 Å². The third-order valence-corrected chi connectivity index (χ3v) is 2.38. The van der Waals surface area contributed by atoms with E-state index < -0.39 is 5.82 Å². The number of halogens is 1. The minimum Gasteiger partial charge on any atom is -0.494 e. The summed E-state index contributed by atoms with van der Waals surface area (Å²) in [6, 6.07) is 4.71. The zero-order chi connectivity index (χ0) is 12.3. The molecule has 0 aliphatic carbocycles. The van der Waals surface area contributed by atoms with Gasteiger partial charge >= 0.3 is 0 Å². The lowest BCUT2D eigenvalue weighted by atomic mass is 10.1. The molecule has 0 aliphatic heterocycles. The van der Waals surface area contributed by atoms with Crippen molar-refractivity contribution in [2.75, 3.05) is 7.11 Å². The number of carbonyl (C=O) groups excluding carboxylic acids is 1. The number of H-pyrrole nitrogens is 1. The van der Waals surface area contributed by atoms with Crippen molar-refractivity contribution < 1.29 is 13.9 Å². The van der Waals surface area contributed by atoms with Crippen LogP contribution in [0.2, 0.25) is 0 Å². The maximum absolute atomic E-state index is 13.8. The van der Waals surface area contributed by atoms with Gasteiger partial charge in [0.05, 0.1) is 7.11 Å². The molecule has 5 heteroatoms. The highest BCUT2D eigenvalue weighted by atomic mass is 19.1. The van der Waals surface area contributed by atoms with Crippen LogP contribution in [0.5, 0.6) is 5.75 Å². The molecule has 2 rings (SSSR count). The first kappa shape index (κ1) is 11.3. The minimum atomic E-state index is -0.505. The number of Topliss-reactive ketones (excluding diaryl/α,β-unsaturated/α-hetero) is 1. The lowest BCUT2D eigenvalue weighted by Crippen LogP contribution is -2.07. The highest BCUT2D eigenvalue weighted by Gasteiger charge is 2.14. The van der Waals surface area contributed by atoms with Crippen LogP contribution in [0.3, 0.4) is 0 Å². The number of methoxy groups -OCH3 is 1. The fourth-order valence-electron chi connectivity index (χ4n) is 1.52. The first-order valence-electron chi connectivity index (χ1n) is 5.06. The number of hydrogen-bond donors (Lipinski definition) is 1. The van der Waals surface area contributed by atoms with E-state index in [4.69, 9.17) is 4.74 Å². The standard InChI is InChI=1S/C12H11FN2O2/c1-17-10-4-2-3-8(11(10)13)7-9(16)12-14-5-6-15-12/h2-6H,7H2,1H3,(H,14,15). The Labute approximate surface area is 97.5 Å². The number of carbonyl (C=O) groups is 1. The second-order valence-electron chi connectivity index (χ2n) is 3.47. The number of aromatic nitrogens is 2. The molecule has 88 valence electrons. The number of ketones is 1. The summed E-state index contributed by atoms with van der Waals surface area (Å²) in [7, 11) is 1.39. The summed E-state index contributed by atoms with van der Waals surface area (Å²) >= 11 is 0. The molecule has 1 aromatic carbocycles. The zero-order valence-electron chi connectivity index (χ0n) is 9.24. The molecule has 1 heterocycles. The number of nitrogens with one attached hydrogen (secondary N) is 1. The lowest BCUT2D eigenvalue weighted by molar-refractivity contribution is 0.0982. The molecule has 0 saturated heterocycles. The van der Waals surface area contributed by atoms with Gasteiger partial charge in [-0.15, -0.1) is 0 Å². The van der Waals surface area contributed by atoms with Gasteiger partial charge in [-0.3, -0.25) is 4.79 Å². The fraction of sp³-hybridized carbons (Fsp3) is 0.167. The molecule has 0 aliphatic rings. The Kier molecular flexibility index (Phi) is 3.18. The molecule has 2 aromatic rings. The predicted octanol–water partition coefficient (Wildman–Crippen LogP) is 1.98. The largest absolute Gasteiger partial charge is 0.494 e. The van der Waals surface area contributed by atoms with E-state index in [1.165, 1.54) is 19.4 Å². The van der Waals surface area contributed by atoms with E-state index in [1.54, 1.807) is 18.3 Å². The smallest absolute Gasteiger partial charge is 0.202 e. The molecule has 0 spiro atoms. The SMILES string of the molecule is COc1cccc(CC(=O)c2ncc[nH]2)c1F. The maximum Gasteiger partial charge on any atom is 0.202 e. The number of ether oxygens (including phenoxy) is 1. The molecule has 1 N–H and O–H groups in total. The number of imidazole rings is 1. The van der Waals surface area contributed by atoms with Gasteiger partial charge in [-0.2, -0.15) is 0 Å². The molecule has 1 aromatic heterocycles. The van der Waals surface area contributed by atoms with Crippen LogP contribution in [-0.2, 0) is 6.42 Å². The summed E-state index contributed by atoms with van der Waals surface area (Å²) in [5.74, 6) is -0.404. The summed E-state index contributed by atoms with van der Waals surface area (Å²) < 4.78 is 18.6. The molecule has 0 saturated carbocycles. The van der Waals surface area contributed by atoms with Gasteiger partial charge in [-0.25, -0.2) is 9.37 Å². The van der Waals surface area contributed by atoms with Crippen LogP contribution in [0.25, 0.3) is 0 Å². The number of aromatic amines is 1. The van der Waals surface area contributed by atoms with Gasteiger partial charge in [0.25, 0.3) is 0 Å². The van der Waals surface area contributed by atoms with Crippen molar-refractivity contribution in [2.45, 2.75) is 6.42 Å². The van der Waals surface area contributed by atoms with Crippen LogP contribution in [-0.4, -0.2) is 22.9 Å². The van der Waals surface area contributed by atoms with E-state index in [-0.39, 0.29) is 23.8 Å². The second kappa shape index (κ2) is 4.78. The van der Waals surface area contributed by atoms with Crippen LogP contribution in [0.15, 0.2) is 30.6 Å². The van der Waals surface area contributed by atoms with Crippen molar-refractivity contribution in [1.82, 2.24) is 9.97 Å². The molecule has 17 heavy (non-hydrogen) atoms. The molecular weight excluding hydrogens is 223 g/mol. The van der Waals surface area contributed by atoms with Gasteiger partial charge in [0.2, 0.25) is 5.78 Å². The van der Waals surface area contributed by atoms with Crippen LogP contribution in [0.1, 0.15) is 16.2 Å². The quantitative estimate of drug-likeness (QED) is 0.823. The van der Waals surface area contributed by atoms with Crippen molar-refractivity contribution in [3.63, 3.8) is 0 Å². The summed E-state index contributed by atoms with van der Waals surface area (Å²) in [6.07, 6.45) is 2.99. The average molecular weight is 234 g/mol. The Morgan fingerprint density at radius 1 is 1.53 bits per heavy atom. The Morgan fingerprint density at radius 2 is 2.35 bits per heavy atom. The highest BCUT2D eigenvalue weighted by molar-refractivity contribution is 5.94. The first-order valence-corrected chi connectivity index (χ1v) is 5.06. The third-order valence-electron chi connectivity index (χ3n) is 2.38. The van der Waals surface area contributed by atoms with E-state index in [2.05, 4.69) is 9.97 Å². The average Bonchev–Trinajstić information content (AvgIpc) is 2.85. The van der Waals surface area contributed by atoms with E-state index in [1.807, 2.05) is 0 Å². The monoisotopic (exact) mass is 234 g/mol. The Balaban J connectivity index is 2.22. The normalized spacial score (nSPS) is 10.2. The van der Waals surface area contributed by atoms with Gasteiger partial charge in [-0.1, -0.05) is 12.1 Å². The predicted molar refractivity (Wildman–Crippen MR) is 59.6 cm³/mol. The van der Waals surface area contributed by atoms with Crippen LogP contribution >= 0.6 is 0 Å². The van der Waals surface area contributed by atoms with Gasteiger partial charge in [-0.05, 0) is 11.6 Å². The fourth-order valence-corrected chi connectivity index (χ4v) is 1.52. The molecular formula is C12H11FN2O2. The van der Waals surface area contributed by atoms with Crippen LogP contribution in [0.4, 0.5) is 4.39 Å². The number of hydrogen-bond acceptors (Lipinski definition) is 3. The Hall–Kier alpha value is -2.17. The molecule has 0 amide bonds. The van der Waals surface area contributed by atoms with E-state index in [9.17, 15) is 9.18 Å². The minimum absolute atomic E-state index is 0.0451. The second-order valence-corrected chi connectivity index (χ2v) is 3.47. The molecule has 0 atom stereocenters. The molecule has 0 unspecified atom stereocenters. The molecule has 0 radical (unpaired) electrons. The molecule has 0 bridgehead atoms. The summed E-state index contributed by atoms with van der Waals surface area (Å²) in [4.78, 5) is 18.2. The van der Waals surface area contributed by atoms with Crippen molar-refractivity contribution in [2.24, 2.45) is 0 Å². The van der Waals surface area contributed by atoms with Crippen LogP contribution in [0, 0.1) is 5.82 Å². The molecule has 0 fully saturated rings. The van der Waals surface area contributed by atoms with Crippen molar-refractivity contribution in [3.05, 3.63) is 47.8 Å². The maximum atomic E-state index is 13.8. The third kappa shape index (κ3) is 2.33. The Bertz CT molecular complexity index is 523. The zero-order valence-corrected chi connectivity index (χ0v) is 9.24. The highest BCUT2D eigenvalue weighted by Crippen LogP contribution is 2.20. The van der Waals surface area contributed by atoms with E-state index in [0.717, 1.165) is 0 Å². The van der Waals surface area contributed by atoms with E-state index >= 15 is 0 Å². The van der Waals surface area contributed by atoms with Crippen LogP contribution < -0.4 is 4.74 Å². The first-order chi connectivity index (χ1) is 8.22. The topological polar surface area (TPSA) is 55.0 Å². The van der Waals surface area contributed by atoms with Gasteiger partial charge in [0.15, 0.2) is 17.4 Å². The molecule has 4 nitrogen and oxygen atoms in total. The summed E-state index contributed by atoms with van der Waals surface area (Å²) in [5, 5.41) is 0. The Morgan fingerprint density at radius 3 is 3.00 bits per heavy atom. The summed E-state index contributed by atoms with van der Waals surface area (Å²) in [5.41, 5.74) is 0.297. The lowest BCUT2D eigenvalue weighted by Gasteiger charge is -2.05.